The second-order valence-corrected chi connectivity index (χ2v) is 6.63. The van der Waals surface area contributed by atoms with Crippen LogP contribution in [0.3, 0.4) is 0 Å². The summed E-state index contributed by atoms with van der Waals surface area (Å²) in [5.41, 5.74) is 0. The third-order valence-corrected chi connectivity index (χ3v) is 5.40. The third-order valence-electron chi connectivity index (χ3n) is 3.30. The van der Waals surface area contributed by atoms with Gasteiger partial charge in [0.15, 0.2) is 0 Å². The maximum atomic E-state index is 12.0. The number of nitrogens with one attached hydrogen (secondary N) is 2. The molecule has 3 rings (SSSR count). The molecule has 0 unspecified atom stereocenters. The van der Waals surface area contributed by atoms with E-state index in [2.05, 4.69) is 22.1 Å². The van der Waals surface area contributed by atoms with E-state index in [0.717, 1.165) is 24.4 Å². The average molecular weight is 280 g/mol. The Morgan fingerprint density at radius 2 is 2.44 bits per heavy atom. The van der Waals surface area contributed by atoms with Crippen molar-refractivity contribution in [2.75, 3.05) is 13.1 Å². The molecule has 1 aliphatic rings. The van der Waals surface area contributed by atoms with Crippen LogP contribution in [0.4, 0.5) is 0 Å². The second-order valence-electron chi connectivity index (χ2n) is 4.60. The molecule has 0 aromatic carbocycles. The molecule has 1 atom stereocenters. The minimum Gasteiger partial charge on any atom is -0.351 e. The number of fused-ring (bicyclic) bond motifs is 1. The van der Waals surface area contributed by atoms with Gasteiger partial charge in [-0.1, -0.05) is 0 Å². The first-order chi connectivity index (χ1) is 8.83. The number of amides is 1. The molecule has 1 fully saturated rings. The molecule has 0 spiro atoms. The Labute approximate surface area is 114 Å². The molecular weight excluding hydrogens is 264 g/mol. The van der Waals surface area contributed by atoms with E-state index >= 15 is 0 Å². The number of carbonyl (C=O) groups is 1. The van der Waals surface area contributed by atoms with Gasteiger partial charge in [0.2, 0.25) is 0 Å². The molecular formula is C13H16N2OS2. The zero-order chi connectivity index (χ0) is 12.4. The number of hydrogen-bond donors (Lipinski definition) is 2. The van der Waals surface area contributed by atoms with Gasteiger partial charge in [-0.15, -0.1) is 22.7 Å². The van der Waals surface area contributed by atoms with Crippen LogP contribution in [0.5, 0.6) is 0 Å². The molecule has 3 nitrogen and oxygen atoms in total. The van der Waals surface area contributed by atoms with E-state index < -0.39 is 0 Å². The average Bonchev–Trinajstić information content (AvgIpc) is 3.04. The first-order valence-corrected chi connectivity index (χ1v) is 8.01. The van der Waals surface area contributed by atoms with Gasteiger partial charge in [0.25, 0.3) is 5.91 Å². The molecule has 96 valence electrons. The van der Waals surface area contributed by atoms with Crippen molar-refractivity contribution in [3.8, 4) is 0 Å². The maximum absolute atomic E-state index is 12.0. The van der Waals surface area contributed by atoms with Crippen LogP contribution in [0.15, 0.2) is 17.5 Å². The summed E-state index contributed by atoms with van der Waals surface area (Å²) < 4.78 is 2.42. The molecule has 2 N–H and O–H groups in total. The first kappa shape index (κ1) is 12.1. The zero-order valence-electron chi connectivity index (χ0n) is 10.1. The van der Waals surface area contributed by atoms with Crippen LogP contribution in [0.1, 0.15) is 28.9 Å². The van der Waals surface area contributed by atoms with E-state index in [-0.39, 0.29) is 5.91 Å². The van der Waals surface area contributed by atoms with Gasteiger partial charge in [0.1, 0.15) is 0 Å². The van der Waals surface area contributed by atoms with Crippen molar-refractivity contribution in [3.05, 3.63) is 22.4 Å². The molecule has 5 heteroatoms. The minimum absolute atomic E-state index is 0.0707. The van der Waals surface area contributed by atoms with E-state index in [1.165, 1.54) is 22.2 Å². The monoisotopic (exact) mass is 280 g/mol. The lowest BCUT2D eigenvalue weighted by molar-refractivity contribution is 0.0956. The van der Waals surface area contributed by atoms with Crippen molar-refractivity contribution >= 4 is 38.0 Å². The molecule has 2 aromatic rings. The Balaban J connectivity index is 1.53. The fourth-order valence-electron chi connectivity index (χ4n) is 2.33. The fourth-order valence-corrected chi connectivity index (χ4v) is 4.35. The summed E-state index contributed by atoms with van der Waals surface area (Å²) in [5.74, 6) is 0.0707. The largest absolute Gasteiger partial charge is 0.351 e. The number of thiophene rings is 2. The van der Waals surface area contributed by atoms with Crippen LogP contribution in [0, 0.1) is 0 Å². The number of carbonyl (C=O) groups excluding carboxylic acids is 1. The van der Waals surface area contributed by atoms with Crippen molar-refractivity contribution in [1.29, 1.82) is 0 Å². The summed E-state index contributed by atoms with van der Waals surface area (Å²) in [7, 11) is 0. The molecule has 18 heavy (non-hydrogen) atoms. The van der Waals surface area contributed by atoms with Gasteiger partial charge >= 0.3 is 0 Å². The maximum Gasteiger partial charge on any atom is 0.261 e. The van der Waals surface area contributed by atoms with Crippen LogP contribution >= 0.6 is 22.7 Å². The molecule has 1 aliphatic heterocycles. The predicted molar refractivity (Wildman–Crippen MR) is 77.7 cm³/mol. The molecule has 0 saturated carbocycles. The Kier molecular flexibility index (Phi) is 3.63. The smallest absolute Gasteiger partial charge is 0.261 e. The highest BCUT2D eigenvalue weighted by atomic mass is 32.1. The van der Waals surface area contributed by atoms with Crippen molar-refractivity contribution in [1.82, 2.24) is 10.6 Å². The second kappa shape index (κ2) is 5.38. The van der Waals surface area contributed by atoms with Gasteiger partial charge < -0.3 is 10.6 Å². The summed E-state index contributed by atoms with van der Waals surface area (Å²) in [4.78, 5) is 12.8. The van der Waals surface area contributed by atoms with E-state index in [4.69, 9.17) is 0 Å². The van der Waals surface area contributed by atoms with Gasteiger partial charge in [-0.05, 0) is 43.3 Å². The fraction of sp³-hybridized carbons (Fsp3) is 0.462. The minimum atomic E-state index is 0.0707. The van der Waals surface area contributed by atoms with Gasteiger partial charge in [0.05, 0.1) is 4.88 Å². The molecule has 0 bridgehead atoms. The predicted octanol–water partition coefficient (Wildman–Crippen LogP) is 2.83. The summed E-state index contributed by atoms with van der Waals surface area (Å²) >= 11 is 3.27. The van der Waals surface area contributed by atoms with Crippen molar-refractivity contribution in [3.63, 3.8) is 0 Å². The van der Waals surface area contributed by atoms with Crippen LogP contribution in [0.2, 0.25) is 0 Å². The molecule has 0 radical (unpaired) electrons. The SMILES string of the molecule is O=C(NCC[C@H]1CCCN1)c1cc2sccc2s1. The standard InChI is InChI=1S/C13H16N2OS2/c16-13(15-6-3-9-2-1-5-14-9)12-8-11-10(18-12)4-7-17-11/h4,7-9,14H,1-3,5-6H2,(H,15,16)/t9-/m1/s1. The summed E-state index contributed by atoms with van der Waals surface area (Å²) in [6, 6.07) is 4.66. The summed E-state index contributed by atoms with van der Waals surface area (Å²) in [5, 5.41) is 8.52. The topological polar surface area (TPSA) is 41.1 Å². The van der Waals surface area contributed by atoms with Crippen molar-refractivity contribution in [2.45, 2.75) is 25.3 Å². The Morgan fingerprint density at radius 3 is 3.22 bits per heavy atom. The first-order valence-electron chi connectivity index (χ1n) is 6.31. The van der Waals surface area contributed by atoms with Gasteiger partial charge in [0, 0.05) is 22.0 Å². The normalized spacial score (nSPS) is 19.4. The van der Waals surface area contributed by atoms with Crippen molar-refractivity contribution < 1.29 is 4.79 Å². The van der Waals surface area contributed by atoms with Gasteiger partial charge in [-0.3, -0.25) is 4.79 Å². The lowest BCUT2D eigenvalue weighted by atomic mass is 10.1. The highest BCUT2D eigenvalue weighted by Gasteiger charge is 2.15. The Hall–Kier alpha value is -0.910. The number of rotatable bonds is 4. The lowest BCUT2D eigenvalue weighted by Gasteiger charge is -2.09. The molecule has 1 saturated heterocycles. The third kappa shape index (κ3) is 2.58. The number of hydrogen-bond acceptors (Lipinski definition) is 4. The van der Waals surface area contributed by atoms with Crippen LogP contribution < -0.4 is 10.6 Å². The van der Waals surface area contributed by atoms with Crippen molar-refractivity contribution in [2.24, 2.45) is 0 Å². The Bertz CT molecular complexity index is 511. The van der Waals surface area contributed by atoms with E-state index in [0.29, 0.717) is 6.04 Å². The van der Waals surface area contributed by atoms with Crippen LogP contribution in [0.25, 0.3) is 9.40 Å². The van der Waals surface area contributed by atoms with E-state index in [1.54, 1.807) is 22.7 Å². The van der Waals surface area contributed by atoms with Crippen LogP contribution in [-0.4, -0.2) is 25.0 Å². The molecule has 2 aromatic heterocycles. The van der Waals surface area contributed by atoms with Gasteiger partial charge in [-0.2, -0.15) is 0 Å². The van der Waals surface area contributed by atoms with E-state index in [9.17, 15) is 4.79 Å². The quantitative estimate of drug-likeness (QED) is 0.904. The van der Waals surface area contributed by atoms with E-state index in [1.807, 2.05) is 6.07 Å². The highest BCUT2D eigenvalue weighted by Crippen LogP contribution is 2.29. The lowest BCUT2D eigenvalue weighted by Crippen LogP contribution is -2.30. The molecule has 0 aliphatic carbocycles. The van der Waals surface area contributed by atoms with Gasteiger partial charge in [-0.25, -0.2) is 0 Å². The highest BCUT2D eigenvalue weighted by molar-refractivity contribution is 7.27. The zero-order valence-corrected chi connectivity index (χ0v) is 11.7. The summed E-state index contributed by atoms with van der Waals surface area (Å²) in [6.45, 7) is 1.89. The molecule has 3 heterocycles. The molecule has 1 amide bonds. The summed E-state index contributed by atoms with van der Waals surface area (Å²) in [6.07, 6.45) is 3.54. The van der Waals surface area contributed by atoms with Crippen LogP contribution in [-0.2, 0) is 0 Å². The Morgan fingerprint density at radius 1 is 1.50 bits per heavy atom.